The van der Waals surface area contributed by atoms with Gasteiger partial charge in [-0.15, -0.1) is 0 Å². The van der Waals surface area contributed by atoms with Gasteiger partial charge in [0.2, 0.25) is 0 Å². The summed E-state index contributed by atoms with van der Waals surface area (Å²) in [6, 6.07) is 11.8. The first-order valence-electron chi connectivity index (χ1n) is 10.8. The van der Waals surface area contributed by atoms with Gasteiger partial charge in [-0.25, -0.2) is 4.79 Å². The van der Waals surface area contributed by atoms with Gasteiger partial charge in [0.1, 0.15) is 0 Å². The Bertz CT molecular complexity index is 1160. The number of carbonyl (C=O) groups excluding carboxylic acids is 2. The molecule has 0 aliphatic heterocycles. The highest BCUT2D eigenvalue weighted by atomic mass is 16.2. The second-order valence-corrected chi connectivity index (χ2v) is 8.81. The van der Waals surface area contributed by atoms with Gasteiger partial charge in [0.05, 0.1) is 30.0 Å². The molecule has 2 aliphatic carbocycles. The van der Waals surface area contributed by atoms with E-state index in [0.717, 1.165) is 18.2 Å². The zero-order valence-electron chi connectivity index (χ0n) is 17.9. The van der Waals surface area contributed by atoms with Gasteiger partial charge in [-0.3, -0.25) is 4.79 Å². The fourth-order valence-electron chi connectivity index (χ4n) is 4.62. The van der Waals surface area contributed by atoms with E-state index in [9.17, 15) is 9.59 Å². The number of urea groups is 1. The number of fused-ring (bicyclic) bond motifs is 2. The van der Waals surface area contributed by atoms with Crippen molar-refractivity contribution in [3.63, 3.8) is 0 Å². The predicted octanol–water partition coefficient (Wildman–Crippen LogP) is 3.92. The molecule has 7 heteroatoms. The molecule has 2 amide bonds. The lowest BCUT2D eigenvalue weighted by atomic mass is 9.99. The Balaban J connectivity index is 1.32. The van der Waals surface area contributed by atoms with Gasteiger partial charge in [-0.05, 0) is 74.5 Å². The molecule has 5 rings (SSSR count). The van der Waals surface area contributed by atoms with Crippen LogP contribution >= 0.6 is 0 Å². The number of hydrogen-bond donors (Lipinski definition) is 2. The first kappa shape index (κ1) is 19.8. The lowest BCUT2D eigenvalue weighted by Crippen LogP contribution is -2.31. The van der Waals surface area contributed by atoms with Crippen molar-refractivity contribution in [1.82, 2.24) is 20.0 Å². The highest BCUT2D eigenvalue weighted by Crippen LogP contribution is 2.45. The van der Waals surface area contributed by atoms with E-state index in [1.807, 2.05) is 32.3 Å². The van der Waals surface area contributed by atoms with Crippen molar-refractivity contribution in [3.8, 4) is 0 Å². The van der Waals surface area contributed by atoms with Gasteiger partial charge in [0.25, 0.3) is 5.91 Å². The van der Waals surface area contributed by atoms with Crippen molar-refractivity contribution < 1.29 is 9.59 Å². The van der Waals surface area contributed by atoms with E-state index in [0.29, 0.717) is 17.1 Å². The molecule has 2 aromatic carbocycles. The number of nitrogens with one attached hydrogen (secondary N) is 2. The van der Waals surface area contributed by atoms with Gasteiger partial charge in [-0.1, -0.05) is 24.3 Å². The zero-order valence-corrected chi connectivity index (χ0v) is 17.9. The Morgan fingerprint density at radius 2 is 1.87 bits per heavy atom. The SMILES string of the molecule is CN(C)CC(=O)n1ncc2c(NC(=O)NC3CCc4c(C5CC5)cccc43)cccc21. The second kappa shape index (κ2) is 7.81. The van der Waals surface area contributed by atoms with E-state index < -0.39 is 0 Å². The third-order valence-electron chi connectivity index (χ3n) is 6.18. The summed E-state index contributed by atoms with van der Waals surface area (Å²) in [6.45, 7) is 0.263. The standard InChI is InChI=1S/C24H27N5O2/c1-28(2)14-23(30)29-22-8-4-7-20(19(22)13-25-29)26-24(31)27-21-12-11-17-16(15-9-10-15)5-3-6-18(17)21/h3-8,13,15,21H,9-12,14H2,1-2H3,(H2,26,27,31). The van der Waals surface area contributed by atoms with E-state index in [-0.39, 0.29) is 24.5 Å². The van der Waals surface area contributed by atoms with Crippen LogP contribution in [0.1, 0.15) is 52.7 Å². The molecule has 0 spiro atoms. The third kappa shape index (κ3) is 3.81. The molecule has 160 valence electrons. The van der Waals surface area contributed by atoms with E-state index in [4.69, 9.17) is 0 Å². The Hall–Kier alpha value is -3.19. The van der Waals surface area contributed by atoms with Crippen molar-refractivity contribution in [1.29, 1.82) is 0 Å². The average molecular weight is 418 g/mol. The maximum Gasteiger partial charge on any atom is 0.319 e. The first-order chi connectivity index (χ1) is 15.0. The van der Waals surface area contributed by atoms with Gasteiger partial charge in [0, 0.05) is 5.39 Å². The van der Waals surface area contributed by atoms with Crippen LogP contribution in [-0.4, -0.2) is 47.3 Å². The van der Waals surface area contributed by atoms with Crippen LogP contribution in [0.4, 0.5) is 10.5 Å². The zero-order chi connectivity index (χ0) is 21.5. The number of carbonyl (C=O) groups is 2. The number of aromatic nitrogens is 2. The van der Waals surface area contributed by atoms with Crippen LogP contribution in [0.5, 0.6) is 0 Å². The number of benzene rings is 2. The fraction of sp³-hybridized carbons (Fsp3) is 0.375. The maximum absolute atomic E-state index is 12.8. The van der Waals surface area contributed by atoms with Crippen LogP contribution in [0.2, 0.25) is 0 Å². The molecule has 1 atom stereocenters. The highest BCUT2D eigenvalue weighted by molar-refractivity contribution is 6.03. The average Bonchev–Trinajstić information content (AvgIpc) is 3.35. The van der Waals surface area contributed by atoms with Crippen LogP contribution in [0, 0.1) is 0 Å². The minimum Gasteiger partial charge on any atom is -0.331 e. The lowest BCUT2D eigenvalue weighted by molar-refractivity contribution is 0.0866. The summed E-state index contributed by atoms with van der Waals surface area (Å²) in [6.07, 6.45) is 6.13. The van der Waals surface area contributed by atoms with Gasteiger partial charge >= 0.3 is 6.03 Å². The molecule has 2 N–H and O–H groups in total. The third-order valence-corrected chi connectivity index (χ3v) is 6.18. The molecule has 0 saturated heterocycles. The number of likely N-dealkylation sites (N-methyl/N-ethyl adjacent to an activating group) is 1. The molecular weight excluding hydrogens is 390 g/mol. The van der Waals surface area contributed by atoms with E-state index in [1.165, 1.54) is 34.2 Å². The Morgan fingerprint density at radius 1 is 1.10 bits per heavy atom. The molecular formula is C24H27N5O2. The van der Waals surface area contributed by atoms with Crippen LogP contribution in [0.25, 0.3) is 10.9 Å². The molecule has 1 unspecified atom stereocenters. The van der Waals surface area contributed by atoms with E-state index in [1.54, 1.807) is 11.1 Å². The summed E-state index contributed by atoms with van der Waals surface area (Å²) in [5.74, 6) is 0.600. The van der Waals surface area contributed by atoms with Crippen LogP contribution < -0.4 is 10.6 Å². The molecule has 0 bridgehead atoms. The Kier molecular flexibility index (Phi) is 4.98. The Labute approximate surface area is 181 Å². The van der Waals surface area contributed by atoms with Crippen molar-refractivity contribution in [2.45, 2.75) is 37.6 Å². The molecule has 1 fully saturated rings. The minimum absolute atomic E-state index is 0.0253. The summed E-state index contributed by atoms with van der Waals surface area (Å²) >= 11 is 0. The summed E-state index contributed by atoms with van der Waals surface area (Å²) in [4.78, 5) is 27.1. The van der Waals surface area contributed by atoms with Crippen molar-refractivity contribution >= 4 is 28.5 Å². The summed E-state index contributed by atoms with van der Waals surface area (Å²) in [5.41, 5.74) is 5.48. The largest absolute Gasteiger partial charge is 0.331 e. The molecule has 1 saturated carbocycles. The fourth-order valence-corrected chi connectivity index (χ4v) is 4.62. The van der Waals surface area contributed by atoms with Crippen molar-refractivity contribution in [3.05, 3.63) is 59.3 Å². The monoisotopic (exact) mass is 417 g/mol. The van der Waals surface area contributed by atoms with Crippen LogP contribution in [-0.2, 0) is 6.42 Å². The number of rotatable bonds is 5. The molecule has 1 aromatic heterocycles. The number of nitrogens with zero attached hydrogens (tertiary/aromatic N) is 3. The molecule has 1 heterocycles. The maximum atomic E-state index is 12.8. The van der Waals surface area contributed by atoms with Crippen molar-refractivity contribution in [2.75, 3.05) is 26.0 Å². The van der Waals surface area contributed by atoms with Gasteiger partial charge in [-0.2, -0.15) is 9.78 Å². The topological polar surface area (TPSA) is 79.3 Å². The van der Waals surface area contributed by atoms with E-state index in [2.05, 4.69) is 33.9 Å². The number of anilines is 1. The van der Waals surface area contributed by atoms with Crippen molar-refractivity contribution in [2.24, 2.45) is 0 Å². The van der Waals surface area contributed by atoms with Gasteiger partial charge in [0.15, 0.2) is 0 Å². The molecule has 3 aromatic rings. The molecule has 31 heavy (non-hydrogen) atoms. The second-order valence-electron chi connectivity index (χ2n) is 8.81. The lowest BCUT2D eigenvalue weighted by Gasteiger charge is -2.16. The highest BCUT2D eigenvalue weighted by Gasteiger charge is 2.32. The summed E-state index contributed by atoms with van der Waals surface area (Å²) < 4.78 is 1.39. The summed E-state index contributed by atoms with van der Waals surface area (Å²) in [5, 5.41) is 11.1. The molecule has 0 radical (unpaired) electrons. The summed E-state index contributed by atoms with van der Waals surface area (Å²) in [7, 11) is 3.69. The normalized spacial score (nSPS) is 17.7. The predicted molar refractivity (Wildman–Crippen MR) is 121 cm³/mol. The number of amides is 2. The minimum atomic E-state index is -0.241. The first-order valence-corrected chi connectivity index (χ1v) is 10.8. The van der Waals surface area contributed by atoms with E-state index >= 15 is 0 Å². The smallest absolute Gasteiger partial charge is 0.319 e. The Morgan fingerprint density at radius 3 is 2.65 bits per heavy atom. The molecule has 7 nitrogen and oxygen atoms in total. The quantitative estimate of drug-likeness (QED) is 0.659. The van der Waals surface area contributed by atoms with Crippen LogP contribution in [0.3, 0.4) is 0 Å². The number of hydrogen-bond acceptors (Lipinski definition) is 4. The van der Waals surface area contributed by atoms with Crippen LogP contribution in [0.15, 0.2) is 42.6 Å². The van der Waals surface area contributed by atoms with Gasteiger partial charge < -0.3 is 15.5 Å². The molecule has 2 aliphatic rings.